The van der Waals surface area contributed by atoms with Gasteiger partial charge in [0.15, 0.2) is 0 Å². The van der Waals surface area contributed by atoms with Crippen LogP contribution in [0.1, 0.15) is 20.8 Å². The van der Waals surface area contributed by atoms with Crippen molar-refractivity contribution in [2.75, 3.05) is 12.4 Å². The molecule has 2 aromatic carbocycles. The van der Waals surface area contributed by atoms with Crippen LogP contribution in [-0.2, 0) is 0 Å². The standard InChI is InChI=1S/C18H20N2OS/c1-18(2,3)21-14-9-10-15-16(11-14)22-17(20-15)12-5-7-13(19-4)8-6-12/h5-11,19H,1-4H3. The lowest BCUT2D eigenvalue weighted by Crippen LogP contribution is -2.22. The molecule has 0 spiro atoms. The van der Waals surface area contributed by atoms with E-state index in [0.29, 0.717) is 0 Å². The van der Waals surface area contributed by atoms with Crippen molar-refractivity contribution in [2.24, 2.45) is 0 Å². The summed E-state index contributed by atoms with van der Waals surface area (Å²) in [5.41, 5.74) is 3.06. The van der Waals surface area contributed by atoms with Crippen molar-refractivity contribution >= 4 is 27.2 Å². The van der Waals surface area contributed by atoms with E-state index in [9.17, 15) is 0 Å². The number of nitrogens with zero attached hydrogens (tertiary/aromatic N) is 1. The molecule has 1 heterocycles. The number of ether oxygens (including phenoxy) is 1. The Kier molecular flexibility index (Phi) is 3.79. The number of rotatable bonds is 3. The van der Waals surface area contributed by atoms with Gasteiger partial charge >= 0.3 is 0 Å². The molecule has 1 N–H and O–H groups in total. The van der Waals surface area contributed by atoms with Crippen LogP contribution in [-0.4, -0.2) is 17.6 Å². The average molecular weight is 312 g/mol. The second-order valence-corrected chi connectivity index (χ2v) is 7.22. The molecule has 1 aromatic heterocycles. The van der Waals surface area contributed by atoms with E-state index >= 15 is 0 Å². The van der Waals surface area contributed by atoms with E-state index in [-0.39, 0.29) is 5.60 Å². The molecule has 3 rings (SSSR count). The number of hydrogen-bond acceptors (Lipinski definition) is 4. The van der Waals surface area contributed by atoms with Gasteiger partial charge in [-0.1, -0.05) is 0 Å². The molecule has 114 valence electrons. The maximum absolute atomic E-state index is 5.93. The molecule has 0 aliphatic heterocycles. The first-order valence-corrected chi connectivity index (χ1v) is 8.14. The van der Waals surface area contributed by atoms with Crippen LogP contribution in [0.15, 0.2) is 42.5 Å². The molecule has 0 aliphatic carbocycles. The summed E-state index contributed by atoms with van der Waals surface area (Å²) in [5.74, 6) is 0.890. The number of anilines is 1. The monoisotopic (exact) mass is 312 g/mol. The largest absolute Gasteiger partial charge is 0.488 e. The van der Waals surface area contributed by atoms with Gasteiger partial charge in [0.2, 0.25) is 0 Å². The van der Waals surface area contributed by atoms with Gasteiger partial charge < -0.3 is 10.1 Å². The summed E-state index contributed by atoms with van der Waals surface area (Å²) in [7, 11) is 1.92. The highest BCUT2D eigenvalue weighted by atomic mass is 32.1. The quantitative estimate of drug-likeness (QED) is 0.723. The van der Waals surface area contributed by atoms with Crippen LogP contribution < -0.4 is 10.1 Å². The van der Waals surface area contributed by atoms with E-state index in [0.717, 1.165) is 32.2 Å². The van der Waals surface area contributed by atoms with Crippen LogP contribution in [0.2, 0.25) is 0 Å². The number of fused-ring (bicyclic) bond motifs is 1. The summed E-state index contributed by atoms with van der Waals surface area (Å²) in [6, 6.07) is 14.4. The normalized spacial score (nSPS) is 11.6. The first-order chi connectivity index (χ1) is 10.4. The summed E-state index contributed by atoms with van der Waals surface area (Å²) in [5, 5.41) is 4.16. The van der Waals surface area contributed by atoms with Crippen LogP contribution in [0.25, 0.3) is 20.8 Å². The van der Waals surface area contributed by atoms with E-state index < -0.39 is 0 Å². The van der Waals surface area contributed by atoms with Gasteiger partial charge in [0.1, 0.15) is 16.4 Å². The molecular weight excluding hydrogens is 292 g/mol. The zero-order valence-corrected chi connectivity index (χ0v) is 14.1. The van der Waals surface area contributed by atoms with Crippen molar-refractivity contribution in [3.63, 3.8) is 0 Å². The van der Waals surface area contributed by atoms with E-state index in [1.807, 2.05) is 19.2 Å². The fourth-order valence-corrected chi connectivity index (χ4v) is 3.22. The highest BCUT2D eigenvalue weighted by Crippen LogP contribution is 2.33. The van der Waals surface area contributed by atoms with Crippen molar-refractivity contribution in [1.82, 2.24) is 4.98 Å². The minimum absolute atomic E-state index is 0.190. The molecule has 22 heavy (non-hydrogen) atoms. The van der Waals surface area contributed by atoms with Crippen LogP contribution in [0.3, 0.4) is 0 Å². The van der Waals surface area contributed by atoms with Gasteiger partial charge in [-0.2, -0.15) is 0 Å². The SMILES string of the molecule is CNc1ccc(-c2nc3ccc(OC(C)(C)C)cc3s2)cc1. The van der Waals surface area contributed by atoms with Gasteiger partial charge in [-0.05, 0) is 63.2 Å². The number of benzene rings is 2. The minimum atomic E-state index is -0.190. The first-order valence-electron chi connectivity index (χ1n) is 7.32. The predicted molar refractivity (Wildman–Crippen MR) is 95.0 cm³/mol. The molecule has 0 aliphatic rings. The van der Waals surface area contributed by atoms with E-state index in [1.54, 1.807) is 11.3 Å². The Hall–Kier alpha value is -2.07. The highest BCUT2D eigenvalue weighted by molar-refractivity contribution is 7.21. The second kappa shape index (κ2) is 5.61. The summed E-state index contributed by atoms with van der Waals surface area (Å²) in [4.78, 5) is 4.72. The number of aromatic nitrogens is 1. The molecule has 0 fully saturated rings. The Morgan fingerprint density at radius 3 is 2.41 bits per heavy atom. The van der Waals surface area contributed by atoms with Gasteiger partial charge in [-0.25, -0.2) is 4.98 Å². The molecule has 0 unspecified atom stereocenters. The van der Waals surface area contributed by atoms with Crippen LogP contribution in [0.5, 0.6) is 5.75 Å². The summed E-state index contributed by atoms with van der Waals surface area (Å²) < 4.78 is 7.07. The minimum Gasteiger partial charge on any atom is -0.488 e. The van der Waals surface area contributed by atoms with Crippen LogP contribution in [0.4, 0.5) is 5.69 Å². The van der Waals surface area contributed by atoms with E-state index in [4.69, 9.17) is 9.72 Å². The van der Waals surface area contributed by atoms with Gasteiger partial charge in [0.05, 0.1) is 10.2 Å². The molecule has 3 aromatic rings. The number of hydrogen-bond donors (Lipinski definition) is 1. The molecule has 0 bridgehead atoms. The summed E-state index contributed by atoms with van der Waals surface area (Å²) >= 11 is 1.69. The smallest absolute Gasteiger partial charge is 0.124 e. The third kappa shape index (κ3) is 3.22. The first kappa shape index (κ1) is 14.9. The van der Waals surface area contributed by atoms with Crippen molar-refractivity contribution in [3.05, 3.63) is 42.5 Å². The lowest BCUT2D eigenvalue weighted by Gasteiger charge is -2.21. The molecule has 0 amide bonds. The maximum atomic E-state index is 5.93. The maximum Gasteiger partial charge on any atom is 0.124 e. The molecule has 0 atom stereocenters. The van der Waals surface area contributed by atoms with Crippen molar-refractivity contribution in [3.8, 4) is 16.3 Å². The van der Waals surface area contributed by atoms with Crippen LogP contribution >= 0.6 is 11.3 Å². The molecule has 0 radical (unpaired) electrons. The lowest BCUT2D eigenvalue weighted by molar-refractivity contribution is 0.131. The van der Waals surface area contributed by atoms with Crippen molar-refractivity contribution in [2.45, 2.75) is 26.4 Å². The predicted octanol–water partition coefficient (Wildman–Crippen LogP) is 5.18. The Morgan fingerprint density at radius 2 is 1.77 bits per heavy atom. The van der Waals surface area contributed by atoms with Gasteiger partial charge in [-0.3, -0.25) is 0 Å². The third-order valence-electron chi connectivity index (χ3n) is 3.20. The van der Waals surface area contributed by atoms with Gasteiger partial charge in [0.25, 0.3) is 0 Å². The zero-order chi connectivity index (χ0) is 15.7. The van der Waals surface area contributed by atoms with Crippen LogP contribution in [0, 0.1) is 0 Å². The Bertz CT molecular complexity index is 785. The Labute approximate surface area is 135 Å². The summed E-state index contributed by atoms with van der Waals surface area (Å²) in [6.07, 6.45) is 0. The Morgan fingerprint density at radius 1 is 1.05 bits per heavy atom. The fourth-order valence-electron chi connectivity index (χ4n) is 2.22. The van der Waals surface area contributed by atoms with E-state index in [1.165, 1.54) is 0 Å². The topological polar surface area (TPSA) is 34.2 Å². The zero-order valence-electron chi connectivity index (χ0n) is 13.3. The second-order valence-electron chi connectivity index (χ2n) is 6.19. The lowest BCUT2D eigenvalue weighted by atomic mass is 10.2. The summed E-state index contributed by atoms with van der Waals surface area (Å²) in [6.45, 7) is 6.16. The molecular formula is C18H20N2OS. The molecule has 0 saturated heterocycles. The number of nitrogens with one attached hydrogen (secondary N) is 1. The van der Waals surface area contributed by atoms with Gasteiger partial charge in [0, 0.05) is 18.3 Å². The molecule has 0 saturated carbocycles. The van der Waals surface area contributed by atoms with Crippen molar-refractivity contribution in [1.29, 1.82) is 0 Å². The van der Waals surface area contributed by atoms with Gasteiger partial charge in [-0.15, -0.1) is 11.3 Å². The highest BCUT2D eigenvalue weighted by Gasteiger charge is 2.13. The van der Waals surface area contributed by atoms with Crippen molar-refractivity contribution < 1.29 is 4.74 Å². The average Bonchev–Trinajstić information content (AvgIpc) is 2.89. The number of thiazole rings is 1. The molecule has 3 nitrogen and oxygen atoms in total. The molecule has 4 heteroatoms. The van der Waals surface area contributed by atoms with E-state index in [2.05, 4.69) is 56.4 Å². The fraction of sp³-hybridized carbons (Fsp3) is 0.278. The Balaban J connectivity index is 1.95. The third-order valence-corrected chi connectivity index (χ3v) is 4.27.